The molecule has 2 aromatic rings. The number of urea groups is 1. The van der Waals surface area contributed by atoms with E-state index in [1.807, 2.05) is 6.07 Å². The average Bonchev–Trinajstić information content (AvgIpc) is 3.80. The van der Waals surface area contributed by atoms with Crippen molar-refractivity contribution in [3.63, 3.8) is 0 Å². The minimum absolute atomic E-state index is 0.0349. The van der Waals surface area contributed by atoms with Crippen LogP contribution in [-0.2, 0) is 9.59 Å². The molecule has 4 amide bonds. The number of ether oxygens (including phenoxy) is 1. The summed E-state index contributed by atoms with van der Waals surface area (Å²) in [5.41, 5.74) is 0.108. The summed E-state index contributed by atoms with van der Waals surface area (Å²) in [5, 5.41) is 18.4. The quantitative estimate of drug-likeness (QED) is 0.298. The third kappa shape index (κ3) is 5.83. The Kier molecular flexibility index (Phi) is 8.16. The van der Waals surface area contributed by atoms with E-state index in [-0.39, 0.29) is 47.0 Å². The van der Waals surface area contributed by atoms with Gasteiger partial charge in [-0.1, -0.05) is 36.0 Å². The van der Waals surface area contributed by atoms with Crippen LogP contribution in [0.25, 0.3) is 0 Å². The number of hydrogen-bond donors (Lipinski definition) is 3. The van der Waals surface area contributed by atoms with Crippen LogP contribution in [0.3, 0.4) is 0 Å². The molecule has 1 aliphatic carbocycles. The number of thioether (sulfide) groups is 1. The molecule has 3 N–H and O–H groups in total. The van der Waals surface area contributed by atoms with Gasteiger partial charge in [-0.3, -0.25) is 14.5 Å². The van der Waals surface area contributed by atoms with Gasteiger partial charge >= 0.3 is 6.03 Å². The van der Waals surface area contributed by atoms with Gasteiger partial charge in [0.25, 0.3) is 11.8 Å². The lowest BCUT2D eigenvalue weighted by molar-refractivity contribution is -0.129. The van der Waals surface area contributed by atoms with Crippen LogP contribution in [0.2, 0.25) is 0 Å². The van der Waals surface area contributed by atoms with Gasteiger partial charge in [0.15, 0.2) is 11.6 Å². The molecule has 4 fully saturated rings. The zero-order valence-electron chi connectivity index (χ0n) is 24.8. The molecule has 0 aromatic heterocycles. The smallest absolute Gasteiger partial charge is 0.326 e. The normalized spacial score (nSPS) is 25.8. The molecule has 0 spiro atoms. The van der Waals surface area contributed by atoms with Gasteiger partial charge in [-0.15, -0.1) is 0 Å². The van der Waals surface area contributed by atoms with Crippen LogP contribution < -0.4 is 25.6 Å². The molecule has 3 saturated heterocycles. The van der Waals surface area contributed by atoms with E-state index in [4.69, 9.17) is 4.74 Å². The summed E-state index contributed by atoms with van der Waals surface area (Å²) >= 11 is 1.28. The van der Waals surface area contributed by atoms with Crippen LogP contribution in [0.4, 0.5) is 19.3 Å². The summed E-state index contributed by atoms with van der Waals surface area (Å²) in [6.45, 7) is 1.27. The fourth-order valence-corrected chi connectivity index (χ4v) is 8.09. The molecule has 4 aliphatic heterocycles. The highest BCUT2D eigenvalue weighted by molar-refractivity contribution is 8.04. The number of likely N-dealkylation sites (tertiary alicyclic amines) is 1. The Morgan fingerprint density at radius 1 is 1.09 bits per heavy atom. The average molecular weight is 647 g/mol. The number of carbonyl (C=O) groups is 3. The summed E-state index contributed by atoms with van der Waals surface area (Å²) in [6, 6.07) is 11.1. The SMILES string of the molecule is N#C/C(=C\C1CC1)C(=O)N1CCC[C@@H](NC(=O)C2=C3NC(=O)N(c4c(F)cc(Oc5ccccc5)cc4F)C4CCNC(S2)C34)C1. The number of carbonyl (C=O) groups excluding carboxylic acids is 3. The molecule has 1 saturated carbocycles. The second kappa shape index (κ2) is 12.4. The Morgan fingerprint density at radius 2 is 1.85 bits per heavy atom. The summed E-state index contributed by atoms with van der Waals surface area (Å²) < 4.78 is 36.7. The van der Waals surface area contributed by atoms with Crippen LogP contribution in [0, 0.1) is 34.8 Å². The maximum Gasteiger partial charge on any atom is 0.326 e. The number of allylic oxidation sites excluding steroid dienone is 1. The Hall–Kier alpha value is -4.41. The van der Waals surface area contributed by atoms with Crippen LogP contribution in [0.15, 0.2) is 64.7 Å². The molecule has 10 nitrogen and oxygen atoms in total. The number of anilines is 1. The van der Waals surface area contributed by atoms with Crippen LogP contribution >= 0.6 is 11.8 Å². The van der Waals surface area contributed by atoms with Gasteiger partial charge in [0.1, 0.15) is 28.8 Å². The van der Waals surface area contributed by atoms with Crippen LogP contribution in [0.5, 0.6) is 11.5 Å². The number of nitrogens with one attached hydrogen (secondary N) is 3. The molecule has 7 rings (SSSR count). The third-order valence-corrected chi connectivity index (χ3v) is 10.3. The second-order valence-electron chi connectivity index (χ2n) is 12.2. The van der Waals surface area contributed by atoms with Crippen molar-refractivity contribution in [3.8, 4) is 17.6 Å². The van der Waals surface area contributed by atoms with E-state index in [0.29, 0.717) is 48.7 Å². The Morgan fingerprint density at radius 3 is 2.57 bits per heavy atom. The predicted octanol–water partition coefficient (Wildman–Crippen LogP) is 4.52. The van der Waals surface area contributed by atoms with E-state index in [9.17, 15) is 19.6 Å². The number of piperidine rings is 2. The van der Waals surface area contributed by atoms with Crippen molar-refractivity contribution in [1.82, 2.24) is 20.9 Å². The van der Waals surface area contributed by atoms with Crippen molar-refractivity contribution >= 4 is 35.3 Å². The molecule has 0 bridgehead atoms. The van der Waals surface area contributed by atoms with Crippen LogP contribution in [-0.4, -0.2) is 59.8 Å². The Bertz CT molecular complexity index is 1670. The van der Waals surface area contributed by atoms with E-state index in [1.54, 1.807) is 41.3 Å². The first-order valence-electron chi connectivity index (χ1n) is 15.5. The fourth-order valence-electron chi connectivity index (χ4n) is 6.69. The van der Waals surface area contributed by atoms with E-state index in [1.165, 1.54) is 11.8 Å². The minimum atomic E-state index is -0.935. The summed E-state index contributed by atoms with van der Waals surface area (Å²) in [6.07, 6.45) is 5.47. The number of amides is 4. The number of nitriles is 1. The molecular formula is C33H32F2N6O4S. The predicted molar refractivity (Wildman–Crippen MR) is 166 cm³/mol. The van der Waals surface area contributed by atoms with Crippen LogP contribution in [0.1, 0.15) is 32.1 Å². The number of benzene rings is 2. The van der Waals surface area contributed by atoms with Crippen molar-refractivity contribution in [2.75, 3.05) is 24.5 Å². The molecular weight excluding hydrogens is 614 g/mol. The Labute approximate surface area is 268 Å². The lowest BCUT2D eigenvalue weighted by Gasteiger charge is -2.45. The maximum absolute atomic E-state index is 15.5. The van der Waals surface area contributed by atoms with Gasteiger partial charge in [0.2, 0.25) is 0 Å². The second-order valence-corrected chi connectivity index (χ2v) is 13.3. The standard InChI is InChI=1S/C33H32F2N6O4S/c34-23-14-22(45-21-6-2-1-3-7-21)15-24(35)28(23)41-25-10-11-37-31-26(25)27(39-33(41)44)29(46-31)30(42)38-20-5-4-12-40(17-20)32(43)19(16-36)13-18-8-9-18/h1-3,6-7,13-15,18,20,25-26,31,37H,4-5,8-12,17H2,(H,38,42)(H,39,44)/b19-13+/t20-,25?,26?,31?/m1/s1. The zero-order chi connectivity index (χ0) is 31.9. The first-order chi connectivity index (χ1) is 22.3. The molecule has 46 heavy (non-hydrogen) atoms. The first-order valence-corrected chi connectivity index (χ1v) is 16.4. The van der Waals surface area contributed by atoms with Crippen molar-refractivity contribution in [1.29, 1.82) is 5.26 Å². The number of nitrogens with zero attached hydrogens (tertiary/aromatic N) is 3. The highest BCUT2D eigenvalue weighted by atomic mass is 32.2. The highest BCUT2D eigenvalue weighted by Crippen LogP contribution is 2.48. The Balaban J connectivity index is 1.09. The van der Waals surface area contributed by atoms with Gasteiger partial charge in [-0.05, 0) is 56.7 Å². The molecule has 3 unspecified atom stereocenters. The summed E-state index contributed by atoms with van der Waals surface area (Å²) in [5.74, 6) is -2.31. The molecule has 0 radical (unpaired) electrons. The maximum atomic E-state index is 15.5. The van der Waals surface area contributed by atoms with E-state index in [2.05, 4.69) is 16.0 Å². The monoisotopic (exact) mass is 646 g/mol. The number of para-hydroxylation sites is 1. The summed E-state index contributed by atoms with van der Waals surface area (Å²) in [7, 11) is 0. The number of hydrogen-bond acceptors (Lipinski definition) is 7. The van der Waals surface area contributed by atoms with E-state index >= 15 is 8.78 Å². The van der Waals surface area contributed by atoms with Crippen molar-refractivity contribution in [2.45, 2.75) is 49.6 Å². The van der Waals surface area contributed by atoms with Gasteiger partial charge in [0.05, 0.1) is 16.3 Å². The lowest BCUT2D eigenvalue weighted by atomic mass is 9.86. The first kappa shape index (κ1) is 30.3. The highest BCUT2D eigenvalue weighted by Gasteiger charge is 2.52. The van der Waals surface area contributed by atoms with Gasteiger partial charge in [0, 0.05) is 42.9 Å². The van der Waals surface area contributed by atoms with Gasteiger partial charge in [-0.2, -0.15) is 5.26 Å². The molecule has 238 valence electrons. The minimum Gasteiger partial charge on any atom is -0.457 e. The molecule has 4 heterocycles. The summed E-state index contributed by atoms with van der Waals surface area (Å²) in [4.78, 5) is 43.3. The zero-order valence-corrected chi connectivity index (χ0v) is 25.6. The molecule has 4 atom stereocenters. The fraction of sp³-hybridized carbons (Fsp3) is 0.394. The topological polar surface area (TPSA) is 127 Å². The molecule has 13 heteroatoms. The van der Waals surface area contributed by atoms with E-state index < -0.39 is 35.3 Å². The van der Waals surface area contributed by atoms with Gasteiger partial charge < -0.3 is 25.6 Å². The number of halogens is 2. The van der Waals surface area contributed by atoms with Crippen molar-refractivity contribution in [2.24, 2.45) is 11.8 Å². The lowest BCUT2D eigenvalue weighted by Crippen LogP contribution is -2.62. The van der Waals surface area contributed by atoms with Gasteiger partial charge in [-0.25, -0.2) is 13.6 Å². The largest absolute Gasteiger partial charge is 0.457 e. The third-order valence-electron chi connectivity index (χ3n) is 8.98. The molecule has 5 aliphatic rings. The number of rotatable bonds is 7. The molecule has 2 aromatic carbocycles. The van der Waals surface area contributed by atoms with Crippen molar-refractivity contribution < 1.29 is 27.9 Å². The van der Waals surface area contributed by atoms with Crippen molar-refractivity contribution in [3.05, 3.63) is 76.4 Å². The van der Waals surface area contributed by atoms with E-state index in [0.717, 1.165) is 29.9 Å².